The van der Waals surface area contributed by atoms with Gasteiger partial charge in [0.2, 0.25) is 0 Å². The summed E-state index contributed by atoms with van der Waals surface area (Å²) in [4.78, 5) is 14.2. The number of nitrogens with zero attached hydrogens (tertiary/aromatic N) is 1. The van der Waals surface area contributed by atoms with Gasteiger partial charge in [-0.2, -0.15) is 0 Å². The first-order valence-corrected chi connectivity index (χ1v) is 8.18. The summed E-state index contributed by atoms with van der Waals surface area (Å²) in [5, 5.41) is 0.931. The van der Waals surface area contributed by atoms with Crippen LogP contribution in [0.15, 0.2) is 22.4 Å². The van der Waals surface area contributed by atoms with Gasteiger partial charge in [-0.25, -0.2) is 17.8 Å². The van der Waals surface area contributed by atoms with Gasteiger partial charge in [0, 0.05) is 18.0 Å². The number of halogens is 2. The van der Waals surface area contributed by atoms with Crippen molar-refractivity contribution in [2.45, 2.75) is 11.8 Å². The van der Waals surface area contributed by atoms with Gasteiger partial charge >= 0.3 is 0 Å². The number of carbonyl (C=O) groups is 1. The van der Waals surface area contributed by atoms with Crippen molar-refractivity contribution in [3.8, 4) is 0 Å². The third-order valence-corrected chi connectivity index (χ3v) is 4.89. The molecule has 21 heavy (non-hydrogen) atoms. The highest BCUT2D eigenvalue weighted by Crippen LogP contribution is 2.28. The lowest BCUT2D eigenvalue weighted by molar-refractivity contribution is 0.101. The number of nitrogens with two attached hydrogens (primary N) is 1. The summed E-state index contributed by atoms with van der Waals surface area (Å²) in [6.07, 6.45) is 0. The number of thiazole rings is 1. The van der Waals surface area contributed by atoms with Crippen molar-refractivity contribution < 1.29 is 17.6 Å². The van der Waals surface area contributed by atoms with E-state index in [1.165, 1.54) is 12.3 Å². The van der Waals surface area contributed by atoms with Gasteiger partial charge < -0.3 is 5.73 Å². The maximum atomic E-state index is 13.8. The molecule has 3 N–H and O–H groups in total. The molecule has 0 spiro atoms. The average molecular weight is 350 g/mol. The third-order valence-electron chi connectivity index (χ3n) is 2.39. The summed E-state index contributed by atoms with van der Waals surface area (Å²) in [5.41, 5.74) is 5.58. The van der Waals surface area contributed by atoms with Crippen molar-refractivity contribution in [2.24, 2.45) is 0 Å². The Morgan fingerprint density at radius 3 is 2.71 bits per heavy atom. The van der Waals surface area contributed by atoms with E-state index >= 15 is 0 Å². The lowest BCUT2D eigenvalue weighted by Crippen LogP contribution is -2.15. The Morgan fingerprint density at radius 1 is 1.48 bits per heavy atom. The summed E-state index contributed by atoms with van der Waals surface area (Å²) >= 11 is 6.47. The first kappa shape index (κ1) is 15.7. The quantitative estimate of drug-likeness (QED) is 0.652. The molecule has 10 heteroatoms. The number of hydrogen-bond acceptors (Lipinski definition) is 6. The molecule has 0 fully saturated rings. The fraction of sp³-hybridized carbons (Fsp3) is 0.0909. The molecule has 2 rings (SSSR count). The number of benzene rings is 1. The van der Waals surface area contributed by atoms with Crippen LogP contribution in [-0.4, -0.2) is 19.2 Å². The van der Waals surface area contributed by atoms with Crippen molar-refractivity contribution in [1.82, 2.24) is 4.98 Å². The van der Waals surface area contributed by atoms with E-state index in [0.29, 0.717) is 0 Å². The van der Waals surface area contributed by atoms with E-state index in [2.05, 4.69) is 9.71 Å². The molecule has 0 saturated heterocycles. The van der Waals surface area contributed by atoms with E-state index in [1.807, 2.05) is 0 Å². The van der Waals surface area contributed by atoms with Crippen LogP contribution >= 0.6 is 22.9 Å². The molecule has 2 aromatic rings. The molecule has 0 amide bonds. The Kier molecular flexibility index (Phi) is 4.17. The molecule has 0 atom stereocenters. The third kappa shape index (κ3) is 3.31. The van der Waals surface area contributed by atoms with Gasteiger partial charge in [-0.3, -0.25) is 9.52 Å². The van der Waals surface area contributed by atoms with Crippen LogP contribution in [0.3, 0.4) is 0 Å². The molecule has 1 heterocycles. The maximum Gasteiger partial charge on any atom is 0.266 e. The van der Waals surface area contributed by atoms with Crippen molar-refractivity contribution in [2.75, 3.05) is 10.5 Å². The second-order valence-electron chi connectivity index (χ2n) is 4.01. The lowest BCUT2D eigenvalue weighted by Gasteiger charge is -2.08. The molecular formula is C11H9ClFN3O3S2. The number of aromatic nitrogens is 1. The highest BCUT2D eigenvalue weighted by Gasteiger charge is 2.23. The van der Waals surface area contributed by atoms with Crippen LogP contribution in [-0.2, 0) is 10.0 Å². The molecule has 0 aliphatic carbocycles. The van der Waals surface area contributed by atoms with Gasteiger partial charge in [0.25, 0.3) is 10.0 Å². The molecule has 112 valence electrons. The van der Waals surface area contributed by atoms with E-state index in [9.17, 15) is 17.6 Å². The first-order chi connectivity index (χ1) is 9.70. The summed E-state index contributed by atoms with van der Waals surface area (Å²) in [6, 6.07) is 2.05. The normalized spacial score (nSPS) is 11.4. The van der Waals surface area contributed by atoms with Crippen molar-refractivity contribution >= 4 is 49.6 Å². The predicted molar refractivity (Wildman–Crippen MR) is 78.7 cm³/mol. The molecule has 0 unspecified atom stereocenters. The molecule has 6 nitrogen and oxygen atoms in total. The van der Waals surface area contributed by atoms with Crippen LogP contribution in [0.4, 0.5) is 15.2 Å². The average Bonchev–Trinajstić information content (AvgIpc) is 2.81. The predicted octanol–water partition coefficient (Wildman–Crippen LogP) is 2.52. The number of sulfonamides is 1. The van der Waals surface area contributed by atoms with E-state index in [0.717, 1.165) is 23.5 Å². The smallest absolute Gasteiger partial charge is 0.266 e. The monoisotopic (exact) mass is 349 g/mol. The van der Waals surface area contributed by atoms with E-state index in [1.54, 1.807) is 0 Å². The number of hydrogen-bond donors (Lipinski definition) is 2. The number of rotatable bonds is 4. The van der Waals surface area contributed by atoms with Gasteiger partial charge in [0.15, 0.2) is 16.7 Å². The first-order valence-electron chi connectivity index (χ1n) is 5.44. The zero-order valence-electron chi connectivity index (χ0n) is 10.6. The molecule has 0 aliphatic heterocycles. The molecule has 1 aromatic carbocycles. The molecular weight excluding hydrogens is 341 g/mol. The molecule has 1 aromatic heterocycles. The Bertz CT molecular complexity index is 820. The second kappa shape index (κ2) is 5.58. The highest BCUT2D eigenvalue weighted by atomic mass is 35.5. The van der Waals surface area contributed by atoms with Gasteiger partial charge in [-0.15, -0.1) is 11.3 Å². The van der Waals surface area contributed by atoms with Crippen LogP contribution in [0.1, 0.15) is 17.4 Å². The van der Waals surface area contributed by atoms with Crippen LogP contribution in [0.25, 0.3) is 0 Å². The minimum absolute atomic E-state index is 0.00494. The van der Waals surface area contributed by atoms with Crippen LogP contribution in [0.2, 0.25) is 5.02 Å². The largest absolute Gasteiger partial charge is 0.399 e. The van der Waals surface area contributed by atoms with Crippen molar-refractivity contribution in [1.29, 1.82) is 0 Å². The number of anilines is 2. The summed E-state index contributed by atoms with van der Waals surface area (Å²) in [6.45, 7) is 1.30. The van der Waals surface area contributed by atoms with Gasteiger partial charge in [0.1, 0.15) is 10.6 Å². The van der Waals surface area contributed by atoms with Crippen molar-refractivity contribution in [3.63, 3.8) is 0 Å². The molecule has 0 aliphatic rings. The fourth-order valence-electron chi connectivity index (χ4n) is 1.43. The Morgan fingerprint density at radius 2 is 2.14 bits per heavy atom. The molecule has 0 saturated carbocycles. The maximum absolute atomic E-state index is 13.8. The van der Waals surface area contributed by atoms with Crippen LogP contribution < -0.4 is 10.5 Å². The number of nitrogens with one attached hydrogen (secondary N) is 1. The lowest BCUT2D eigenvalue weighted by atomic mass is 10.3. The number of carbonyl (C=O) groups excluding carboxylic acids is 1. The van der Waals surface area contributed by atoms with Crippen LogP contribution in [0, 0.1) is 5.82 Å². The number of Topliss-reactive ketones (excluding diaryl/α,β-unsaturated/α-hetero) is 1. The standard InChI is InChI=1S/C11H9ClFN3O3S2/c1-5(17)8-4-20-11(15-8)16-21(18,19)9-3-6(14)2-7(12)10(9)13/h2-4H,14H2,1H3,(H,15,16). The Balaban J connectivity index is 2.40. The van der Waals surface area contributed by atoms with E-state index in [4.69, 9.17) is 17.3 Å². The Labute approximate surface area is 128 Å². The summed E-state index contributed by atoms with van der Waals surface area (Å²) in [7, 11) is -4.25. The van der Waals surface area contributed by atoms with Gasteiger partial charge in [-0.05, 0) is 12.1 Å². The minimum Gasteiger partial charge on any atom is -0.399 e. The fourth-order valence-corrected chi connectivity index (χ4v) is 3.85. The zero-order valence-corrected chi connectivity index (χ0v) is 12.9. The second-order valence-corrected chi connectivity index (χ2v) is 6.93. The van der Waals surface area contributed by atoms with E-state index < -0.39 is 25.8 Å². The highest BCUT2D eigenvalue weighted by molar-refractivity contribution is 7.93. The topological polar surface area (TPSA) is 102 Å². The summed E-state index contributed by atoms with van der Waals surface area (Å²) < 4.78 is 40.2. The minimum atomic E-state index is -4.25. The van der Waals surface area contributed by atoms with E-state index in [-0.39, 0.29) is 22.3 Å². The molecule has 0 radical (unpaired) electrons. The zero-order chi connectivity index (χ0) is 15.8. The van der Waals surface area contributed by atoms with Crippen molar-refractivity contribution in [3.05, 3.63) is 34.0 Å². The SMILES string of the molecule is CC(=O)c1csc(NS(=O)(=O)c2cc(N)cc(Cl)c2F)n1. The number of ketones is 1. The van der Waals surface area contributed by atoms with Gasteiger partial charge in [0.05, 0.1) is 5.02 Å². The van der Waals surface area contributed by atoms with Crippen LogP contribution in [0.5, 0.6) is 0 Å². The number of nitrogen functional groups attached to an aromatic ring is 1. The Hall–Kier alpha value is -1.71. The van der Waals surface area contributed by atoms with Gasteiger partial charge in [-0.1, -0.05) is 11.6 Å². The summed E-state index contributed by atoms with van der Waals surface area (Å²) in [5.74, 6) is -1.42. The molecule has 0 bridgehead atoms.